The van der Waals surface area contributed by atoms with Gasteiger partial charge in [-0.25, -0.2) is 4.39 Å². The fraction of sp³-hybridized carbons (Fsp3) is 0.333. The van der Waals surface area contributed by atoms with E-state index in [1.807, 2.05) is 0 Å². The van der Waals surface area contributed by atoms with Gasteiger partial charge in [0, 0.05) is 12.5 Å². The van der Waals surface area contributed by atoms with E-state index >= 15 is 0 Å². The van der Waals surface area contributed by atoms with Crippen LogP contribution >= 0.6 is 15.9 Å². The lowest BCUT2D eigenvalue weighted by atomic mass is 10.0. The van der Waals surface area contributed by atoms with Gasteiger partial charge in [0.05, 0.1) is 4.47 Å². The van der Waals surface area contributed by atoms with E-state index in [-0.39, 0.29) is 11.9 Å². The van der Waals surface area contributed by atoms with Crippen LogP contribution in [0.15, 0.2) is 22.7 Å². The summed E-state index contributed by atoms with van der Waals surface area (Å²) in [6.45, 7) is 1.81. The van der Waals surface area contributed by atoms with Crippen molar-refractivity contribution in [2.75, 3.05) is 0 Å². The molecule has 0 radical (unpaired) electrons. The van der Waals surface area contributed by atoms with Crippen molar-refractivity contribution >= 4 is 15.9 Å². The SMILES string of the molecule is CC#CCCC(N)c1ccc(F)c(Br)c1. The molecule has 0 aromatic heterocycles. The van der Waals surface area contributed by atoms with Crippen LogP contribution in [0, 0.1) is 17.7 Å². The lowest BCUT2D eigenvalue weighted by Crippen LogP contribution is -2.09. The van der Waals surface area contributed by atoms with Gasteiger partial charge in [-0.2, -0.15) is 0 Å². The maximum absolute atomic E-state index is 13.0. The maximum Gasteiger partial charge on any atom is 0.137 e. The van der Waals surface area contributed by atoms with Crippen LogP contribution in [0.5, 0.6) is 0 Å². The molecule has 1 aromatic rings. The first-order valence-electron chi connectivity index (χ1n) is 4.75. The van der Waals surface area contributed by atoms with Crippen molar-refractivity contribution in [1.29, 1.82) is 0 Å². The molecular weight excluding hydrogens is 257 g/mol. The molecule has 0 fully saturated rings. The fourth-order valence-corrected chi connectivity index (χ4v) is 1.66. The third kappa shape index (κ3) is 3.65. The second-order valence-electron chi connectivity index (χ2n) is 3.25. The third-order valence-electron chi connectivity index (χ3n) is 2.13. The van der Waals surface area contributed by atoms with Gasteiger partial charge in [0.1, 0.15) is 5.82 Å². The molecule has 0 aliphatic heterocycles. The van der Waals surface area contributed by atoms with Crippen LogP contribution in [-0.2, 0) is 0 Å². The summed E-state index contributed by atoms with van der Waals surface area (Å²) in [7, 11) is 0. The maximum atomic E-state index is 13.0. The zero-order valence-electron chi connectivity index (χ0n) is 8.56. The molecular formula is C12H13BrFN. The number of rotatable bonds is 3. The number of hydrogen-bond acceptors (Lipinski definition) is 1. The second-order valence-corrected chi connectivity index (χ2v) is 4.10. The second kappa shape index (κ2) is 5.89. The van der Waals surface area contributed by atoms with Gasteiger partial charge in [0.2, 0.25) is 0 Å². The minimum absolute atomic E-state index is 0.0808. The smallest absolute Gasteiger partial charge is 0.137 e. The quantitative estimate of drug-likeness (QED) is 0.837. The van der Waals surface area contributed by atoms with Crippen LogP contribution in [0.3, 0.4) is 0 Å². The Balaban J connectivity index is 2.68. The van der Waals surface area contributed by atoms with E-state index in [1.54, 1.807) is 19.1 Å². The Kier molecular flexibility index (Phi) is 4.80. The summed E-state index contributed by atoms with van der Waals surface area (Å²) in [5, 5.41) is 0. The van der Waals surface area contributed by atoms with Gasteiger partial charge in [-0.3, -0.25) is 0 Å². The highest BCUT2D eigenvalue weighted by atomic mass is 79.9. The summed E-state index contributed by atoms with van der Waals surface area (Å²) in [6.07, 6.45) is 1.56. The first-order chi connectivity index (χ1) is 7.15. The molecule has 0 aliphatic rings. The molecule has 0 spiro atoms. The van der Waals surface area contributed by atoms with Crippen LogP contribution in [0.25, 0.3) is 0 Å². The molecule has 2 N–H and O–H groups in total. The molecule has 0 saturated heterocycles. The Labute approximate surface area is 98.0 Å². The highest BCUT2D eigenvalue weighted by Crippen LogP contribution is 2.22. The molecule has 1 rings (SSSR count). The average Bonchev–Trinajstić information content (AvgIpc) is 2.22. The molecule has 1 nitrogen and oxygen atoms in total. The van der Waals surface area contributed by atoms with Crippen molar-refractivity contribution in [3.05, 3.63) is 34.1 Å². The molecule has 0 amide bonds. The van der Waals surface area contributed by atoms with Crippen LogP contribution in [0.2, 0.25) is 0 Å². The van der Waals surface area contributed by atoms with Gasteiger partial charge in [-0.05, 0) is 47.0 Å². The monoisotopic (exact) mass is 269 g/mol. The molecule has 1 aromatic carbocycles. The van der Waals surface area contributed by atoms with E-state index in [0.29, 0.717) is 4.47 Å². The topological polar surface area (TPSA) is 26.0 Å². The van der Waals surface area contributed by atoms with E-state index in [0.717, 1.165) is 18.4 Å². The third-order valence-corrected chi connectivity index (χ3v) is 2.74. The zero-order valence-corrected chi connectivity index (χ0v) is 10.1. The van der Waals surface area contributed by atoms with Gasteiger partial charge in [0.25, 0.3) is 0 Å². The molecule has 0 bridgehead atoms. The minimum atomic E-state index is -0.265. The van der Waals surface area contributed by atoms with Crippen molar-refractivity contribution in [3.63, 3.8) is 0 Å². The summed E-state index contributed by atoms with van der Waals surface area (Å²) in [5.41, 5.74) is 6.88. The first-order valence-corrected chi connectivity index (χ1v) is 5.54. The van der Waals surface area contributed by atoms with Crippen molar-refractivity contribution in [3.8, 4) is 11.8 Å². The minimum Gasteiger partial charge on any atom is -0.324 e. The Morgan fingerprint density at radius 3 is 2.87 bits per heavy atom. The highest BCUT2D eigenvalue weighted by Gasteiger charge is 2.07. The van der Waals surface area contributed by atoms with E-state index < -0.39 is 0 Å². The molecule has 3 heteroatoms. The standard InChI is InChI=1S/C12H13BrFN/c1-2-3-4-5-12(15)9-6-7-11(14)10(13)8-9/h6-8,12H,4-5,15H2,1H3. The predicted molar refractivity (Wildman–Crippen MR) is 63.7 cm³/mol. The largest absolute Gasteiger partial charge is 0.324 e. The van der Waals surface area contributed by atoms with Gasteiger partial charge in [-0.1, -0.05) is 6.07 Å². The fourth-order valence-electron chi connectivity index (χ4n) is 1.26. The predicted octanol–water partition coefficient (Wildman–Crippen LogP) is 3.39. The Morgan fingerprint density at radius 1 is 1.53 bits per heavy atom. The van der Waals surface area contributed by atoms with Crippen LogP contribution in [-0.4, -0.2) is 0 Å². The first kappa shape index (κ1) is 12.2. The van der Waals surface area contributed by atoms with Crippen molar-refractivity contribution in [1.82, 2.24) is 0 Å². The highest BCUT2D eigenvalue weighted by molar-refractivity contribution is 9.10. The Bertz CT molecular complexity index is 392. The molecule has 1 unspecified atom stereocenters. The Morgan fingerprint density at radius 2 is 2.27 bits per heavy atom. The number of benzene rings is 1. The lowest BCUT2D eigenvalue weighted by molar-refractivity contribution is 0.614. The molecule has 0 saturated carbocycles. The van der Waals surface area contributed by atoms with E-state index in [9.17, 15) is 4.39 Å². The van der Waals surface area contributed by atoms with Crippen LogP contribution in [0.4, 0.5) is 4.39 Å². The van der Waals surface area contributed by atoms with Crippen molar-refractivity contribution in [2.45, 2.75) is 25.8 Å². The summed E-state index contributed by atoms with van der Waals surface area (Å²) < 4.78 is 13.4. The van der Waals surface area contributed by atoms with E-state index in [4.69, 9.17) is 5.73 Å². The van der Waals surface area contributed by atoms with Crippen molar-refractivity contribution in [2.24, 2.45) is 5.73 Å². The molecule has 0 heterocycles. The lowest BCUT2D eigenvalue weighted by Gasteiger charge is -2.10. The number of halogens is 2. The summed E-state index contributed by atoms with van der Waals surface area (Å²) in [5.74, 6) is 5.51. The van der Waals surface area contributed by atoms with Gasteiger partial charge in [-0.15, -0.1) is 11.8 Å². The molecule has 1 atom stereocenters. The number of nitrogens with two attached hydrogens (primary N) is 1. The normalized spacial score (nSPS) is 11.7. The zero-order chi connectivity index (χ0) is 11.3. The van der Waals surface area contributed by atoms with Crippen LogP contribution < -0.4 is 5.73 Å². The van der Waals surface area contributed by atoms with E-state index in [1.165, 1.54) is 6.07 Å². The summed E-state index contributed by atoms with van der Waals surface area (Å²) in [4.78, 5) is 0. The van der Waals surface area contributed by atoms with Crippen molar-refractivity contribution < 1.29 is 4.39 Å². The Hall–Kier alpha value is -0.850. The number of hydrogen-bond donors (Lipinski definition) is 1. The molecule has 15 heavy (non-hydrogen) atoms. The van der Waals surface area contributed by atoms with Gasteiger partial charge >= 0.3 is 0 Å². The van der Waals surface area contributed by atoms with Gasteiger partial charge in [0.15, 0.2) is 0 Å². The van der Waals surface area contributed by atoms with Crippen LogP contribution in [0.1, 0.15) is 31.4 Å². The molecule has 80 valence electrons. The molecule has 0 aliphatic carbocycles. The summed E-state index contributed by atoms with van der Waals surface area (Å²) in [6, 6.07) is 4.77. The summed E-state index contributed by atoms with van der Waals surface area (Å²) >= 11 is 3.14. The average molecular weight is 270 g/mol. The van der Waals surface area contributed by atoms with E-state index in [2.05, 4.69) is 27.8 Å². The van der Waals surface area contributed by atoms with Gasteiger partial charge < -0.3 is 5.73 Å².